The molecular formula is C8H8Ba2O14S2. The number of aliphatic carboxylic acids is 4. The zero-order valence-electron chi connectivity index (χ0n) is 12.6. The summed E-state index contributed by atoms with van der Waals surface area (Å²) in [6.45, 7) is 0. The molecule has 2 unspecified atom stereocenters. The van der Waals surface area contributed by atoms with Crippen molar-refractivity contribution in [1.82, 2.24) is 0 Å². The zero-order chi connectivity index (χ0) is 19.9. The molecule has 0 aromatic rings. The van der Waals surface area contributed by atoms with Gasteiger partial charge in [-0.25, -0.2) is 0 Å². The summed E-state index contributed by atoms with van der Waals surface area (Å²) in [6, 6.07) is 0. The molecule has 0 saturated heterocycles. The summed E-state index contributed by atoms with van der Waals surface area (Å²) >= 11 is 0. The monoisotopic (exact) mass is 668 g/mol. The number of carbonyl (C=O) groups excluding carboxylic acids is 4. The van der Waals surface area contributed by atoms with Crippen LogP contribution in [0.1, 0.15) is 12.8 Å². The molecule has 0 aliphatic heterocycles. The minimum absolute atomic E-state index is 0. The Bertz CT molecular complexity index is 649. The van der Waals surface area contributed by atoms with Crippen LogP contribution in [0.5, 0.6) is 0 Å². The molecule has 14 nitrogen and oxygen atoms in total. The van der Waals surface area contributed by atoms with Gasteiger partial charge in [-0.1, -0.05) is 0 Å². The Balaban J connectivity index is -0.000000173. The van der Waals surface area contributed by atoms with Crippen LogP contribution in [0, 0.1) is 0 Å². The van der Waals surface area contributed by atoms with Crippen molar-refractivity contribution in [3.05, 3.63) is 0 Å². The molecule has 0 fully saturated rings. The van der Waals surface area contributed by atoms with Crippen molar-refractivity contribution in [1.29, 1.82) is 0 Å². The van der Waals surface area contributed by atoms with E-state index in [2.05, 4.69) is 0 Å². The first-order valence-corrected chi connectivity index (χ1v) is 8.24. The fraction of sp³-hybridized carbons (Fsp3) is 0.500. The third-order valence-electron chi connectivity index (χ3n) is 1.95. The molecule has 0 amide bonds. The van der Waals surface area contributed by atoms with Gasteiger partial charge in [0.2, 0.25) is 0 Å². The van der Waals surface area contributed by atoms with E-state index >= 15 is 0 Å². The number of rotatable bonds is 8. The van der Waals surface area contributed by atoms with E-state index < -0.39 is 67.5 Å². The predicted octanol–water partition coefficient (Wildman–Crippen LogP) is -8.50. The Labute approximate surface area is 227 Å². The summed E-state index contributed by atoms with van der Waals surface area (Å²) in [7, 11) is -9.88. The normalized spacial score (nSPS) is 12.7. The van der Waals surface area contributed by atoms with Crippen LogP contribution in [-0.4, -0.2) is 158 Å². The van der Waals surface area contributed by atoms with Gasteiger partial charge in [-0.15, -0.1) is 0 Å². The van der Waals surface area contributed by atoms with Crippen LogP contribution >= 0.6 is 0 Å². The quantitative estimate of drug-likeness (QED) is 0.180. The first-order chi connectivity index (χ1) is 10.5. The molecule has 2 atom stereocenters. The van der Waals surface area contributed by atoms with Gasteiger partial charge in [-0.05, 0) is 0 Å². The maximum atomic E-state index is 10.2. The zero-order valence-corrected chi connectivity index (χ0v) is 23.1. The third-order valence-corrected chi connectivity index (χ3v) is 4.11. The maximum Gasteiger partial charge on any atom is 2.00 e. The van der Waals surface area contributed by atoms with Gasteiger partial charge in [0, 0.05) is 24.8 Å². The first-order valence-electron chi connectivity index (χ1n) is 5.24. The van der Waals surface area contributed by atoms with E-state index in [1.54, 1.807) is 0 Å². The van der Waals surface area contributed by atoms with E-state index in [-0.39, 0.29) is 97.8 Å². The number of carbonyl (C=O) groups is 4. The van der Waals surface area contributed by atoms with E-state index in [0.29, 0.717) is 0 Å². The van der Waals surface area contributed by atoms with Crippen LogP contribution in [0.3, 0.4) is 0 Å². The van der Waals surface area contributed by atoms with E-state index in [4.69, 9.17) is 9.11 Å². The molecule has 0 radical (unpaired) electrons. The maximum absolute atomic E-state index is 10.2. The van der Waals surface area contributed by atoms with Crippen LogP contribution in [-0.2, 0) is 39.4 Å². The van der Waals surface area contributed by atoms with Gasteiger partial charge in [0.25, 0.3) is 20.2 Å². The molecule has 26 heavy (non-hydrogen) atoms. The van der Waals surface area contributed by atoms with Crippen molar-refractivity contribution < 1.29 is 65.5 Å². The van der Waals surface area contributed by atoms with Gasteiger partial charge in [-0.2, -0.15) is 16.8 Å². The molecule has 0 aliphatic carbocycles. The predicted molar refractivity (Wildman–Crippen MR) is 71.4 cm³/mol. The molecule has 0 rings (SSSR count). The third kappa shape index (κ3) is 17.0. The average Bonchev–Trinajstić information content (AvgIpc) is 2.30. The Hall–Kier alpha value is 0.843. The molecule has 0 aromatic heterocycles. The van der Waals surface area contributed by atoms with Gasteiger partial charge in [-0.3, -0.25) is 9.11 Å². The van der Waals surface area contributed by atoms with Crippen molar-refractivity contribution in [3.63, 3.8) is 0 Å². The smallest absolute Gasteiger partial charge is 0.550 e. The molecule has 0 heterocycles. The van der Waals surface area contributed by atoms with Gasteiger partial charge in [0.15, 0.2) is 0 Å². The molecule has 0 aliphatic rings. The molecule has 0 spiro atoms. The van der Waals surface area contributed by atoms with Crippen molar-refractivity contribution in [2.45, 2.75) is 23.3 Å². The molecule has 0 saturated carbocycles. The second kappa shape index (κ2) is 14.8. The molecule has 0 aromatic carbocycles. The SMILES string of the molecule is O=C([O-])CC(C(=O)[O-])S(=O)(=O)O.O=C([O-])CC(C(=O)[O-])S(=O)(=O)O.[Ba+2].[Ba+2]. The number of hydrogen-bond acceptors (Lipinski definition) is 12. The second-order valence-electron chi connectivity index (χ2n) is 3.80. The van der Waals surface area contributed by atoms with Crippen LogP contribution in [0.25, 0.3) is 0 Å². The summed E-state index contributed by atoms with van der Waals surface area (Å²) in [5, 5.41) is 34.5. The topological polar surface area (TPSA) is 269 Å². The molecule has 2 N–H and O–H groups in total. The van der Waals surface area contributed by atoms with Gasteiger partial charge >= 0.3 is 97.8 Å². The average molecular weight is 667 g/mol. The van der Waals surface area contributed by atoms with Crippen LogP contribution in [0.4, 0.5) is 0 Å². The van der Waals surface area contributed by atoms with Gasteiger partial charge in [0.05, 0.1) is 11.9 Å². The Morgan fingerprint density at radius 3 is 0.885 bits per heavy atom. The van der Waals surface area contributed by atoms with E-state index in [0.717, 1.165) is 0 Å². The van der Waals surface area contributed by atoms with Crippen molar-refractivity contribution >= 4 is 142 Å². The van der Waals surface area contributed by atoms with Crippen LogP contribution < -0.4 is 20.4 Å². The summed E-state index contributed by atoms with van der Waals surface area (Å²) in [4.78, 5) is 39.4. The summed E-state index contributed by atoms with van der Waals surface area (Å²) in [5.74, 6) is -8.16. The largest absolute Gasteiger partial charge is 2.00 e. The van der Waals surface area contributed by atoms with E-state index in [9.17, 15) is 56.4 Å². The number of hydrogen-bond donors (Lipinski definition) is 2. The van der Waals surface area contributed by atoms with Crippen LogP contribution in [0.15, 0.2) is 0 Å². The van der Waals surface area contributed by atoms with E-state index in [1.165, 1.54) is 0 Å². The van der Waals surface area contributed by atoms with Crippen molar-refractivity contribution in [3.8, 4) is 0 Å². The van der Waals surface area contributed by atoms with E-state index in [1.807, 2.05) is 0 Å². The van der Waals surface area contributed by atoms with Crippen LogP contribution in [0.2, 0.25) is 0 Å². The first kappa shape index (κ1) is 34.4. The van der Waals surface area contributed by atoms with Crippen molar-refractivity contribution in [2.24, 2.45) is 0 Å². The van der Waals surface area contributed by atoms with Gasteiger partial charge < -0.3 is 39.6 Å². The molecule has 0 bridgehead atoms. The van der Waals surface area contributed by atoms with Crippen molar-refractivity contribution in [2.75, 3.05) is 0 Å². The molecule has 18 heteroatoms. The summed E-state index contributed by atoms with van der Waals surface area (Å²) < 4.78 is 56.9. The minimum atomic E-state index is -4.94. The number of carboxylic acid groups (broad SMARTS) is 4. The standard InChI is InChI=1S/2C4H6O7S.2Ba/c2*5-3(6)1-2(4(7)8)12(9,10)11;;/h2*2H,1H2,(H,5,6)(H,7,8)(H,9,10,11);;/q;;2*+2/p-4. The Morgan fingerprint density at radius 1 is 0.654 bits per heavy atom. The minimum Gasteiger partial charge on any atom is -0.550 e. The summed E-state index contributed by atoms with van der Waals surface area (Å²) in [5.41, 5.74) is 0. The Morgan fingerprint density at radius 2 is 0.846 bits per heavy atom. The fourth-order valence-electron chi connectivity index (χ4n) is 0.923. The summed E-state index contributed by atoms with van der Waals surface area (Å²) in [6.07, 6.45) is -2.66. The van der Waals surface area contributed by atoms with Gasteiger partial charge in [0.1, 0.15) is 10.5 Å². The molecule has 140 valence electrons. The fourth-order valence-corrected chi connectivity index (χ4v) is 2.10. The Kier molecular flexibility index (Phi) is 19.5. The second-order valence-corrected chi connectivity index (χ2v) is 7.00. The number of carboxylic acids is 4. The molecular weight excluding hydrogens is 659 g/mol.